The van der Waals surface area contributed by atoms with E-state index in [0.29, 0.717) is 4.88 Å². The van der Waals surface area contributed by atoms with Crippen LogP contribution in [0.1, 0.15) is 22.8 Å². The molecule has 0 unspecified atom stereocenters. The van der Waals surface area contributed by atoms with Gasteiger partial charge in [-0.05, 0) is 23.6 Å². The van der Waals surface area contributed by atoms with Gasteiger partial charge in [-0.25, -0.2) is 13.2 Å². The molecule has 8 heteroatoms. The van der Waals surface area contributed by atoms with Gasteiger partial charge in [-0.15, -0.1) is 11.3 Å². The third-order valence-electron chi connectivity index (χ3n) is 3.85. The van der Waals surface area contributed by atoms with Crippen LogP contribution in [0.2, 0.25) is 0 Å². The third-order valence-corrected chi connectivity index (χ3v) is 4.94. The molecule has 126 valence electrons. The zero-order chi connectivity index (χ0) is 17.3. The van der Waals surface area contributed by atoms with E-state index in [1.165, 1.54) is 29.6 Å². The quantitative estimate of drug-likeness (QED) is 0.828. The standard InChI is InChI=1S/C16H13F3N2O2S/c17-10-3-1-2-4-11(10)21-16(23)13-9(6-20-15(13)22)12-5-8(7-24-12)14(18)19/h1-5,7,9,13-14H,6H2,(H,20,22)(H,21,23)/t9-,13-/m1/s1. The fourth-order valence-electron chi connectivity index (χ4n) is 2.64. The molecule has 0 bridgehead atoms. The monoisotopic (exact) mass is 354 g/mol. The first-order valence-corrected chi connectivity index (χ1v) is 8.05. The van der Waals surface area contributed by atoms with Gasteiger partial charge in [0.15, 0.2) is 0 Å². The molecule has 24 heavy (non-hydrogen) atoms. The zero-order valence-electron chi connectivity index (χ0n) is 12.3. The lowest BCUT2D eigenvalue weighted by molar-refractivity contribution is -0.130. The molecule has 1 aromatic heterocycles. The molecule has 2 N–H and O–H groups in total. The lowest BCUT2D eigenvalue weighted by atomic mass is 9.92. The average Bonchev–Trinajstić information content (AvgIpc) is 3.16. The first-order valence-electron chi connectivity index (χ1n) is 7.17. The van der Waals surface area contributed by atoms with Crippen molar-refractivity contribution in [3.8, 4) is 0 Å². The van der Waals surface area contributed by atoms with Crippen LogP contribution in [0, 0.1) is 11.7 Å². The van der Waals surface area contributed by atoms with Gasteiger partial charge in [0.1, 0.15) is 11.7 Å². The minimum Gasteiger partial charge on any atom is -0.355 e. The van der Waals surface area contributed by atoms with Crippen LogP contribution in [0.4, 0.5) is 18.9 Å². The molecule has 0 spiro atoms. The van der Waals surface area contributed by atoms with Crippen LogP contribution in [-0.2, 0) is 9.59 Å². The van der Waals surface area contributed by atoms with Gasteiger partial charge in [0, 0.05) is 22.9 Å². The first-order chi connectivity index (χ1) is 11.5. The molecule has 2 atom stereocenters. The van der Waals surface area contributed by atoms with Gasteiger partial charge in [-0.2, -0.15) is 0 Å². The number of alkyl halides is 2. The van der Waals surface area contributed by atoms with Crippen LogP contribution in [0.25, 0.3) is 0 Å². The summed E-state index contributed by atoms with van der Waals surface area (Å²) in [5.74, 6) is -3.42. The molecule has 4 nitrogen and oxygen atoms in total. The largest absolute Gasteiger partial charge is 0.355 e. The summed E-state index contributed by atoms with van der Waals surface area (Å²) < 4.78 is 39.1. The molecular weight excluding hydrogens is 341 g/mol. The van der Waals surface area contributed by atoms with Crippen molar-refractivity contribution in [1.82, 2.24) is 5.32 Å². The van der Waals surface area contributed by atoms with Crippen molar-refractivity contribution in [2.75, 3.05) is 11.9 Å². The maximum Gasteiger partial charge on any atom is 0.264 e. The van der Waals surface area contributed by atoms with E-state index in [9.17, 15) is 22.8 Å². The lowest BCUT2D eigenvalue weighted by Crippen LogP contribution is -2.32. The number of halogens is 3. The van der Waals surface area contributed by atoms with Crippen LogP contribution in [-0.4, -0.2) is 18.4 Å². The Morgan fingerprint density at radius 1 is 1.33 bits per heavy atom. The number of benzene rings is 1. The van der Waals surface area contributed by atoms with Crippen molar-refractivity contribution in [2.45, 2.75) is 12.3 Å². The van der Waals surface area contributed by atoms with E-state index in [1.54, 1.807) is 6.07 Å². The van der Waals surface area contributed by atoms with E-state index in [-0.39, 0.29) is 17.8 Å². The molecule has 1 aliphatic rings. The number of para-hydroxylation sites is 1. The highest BCUT2D eigenvalue weighted by Gasteiger charge is 2.42. The Kier molecular flexibility index (Phi) is 4.57. The maximum absolute atomic E-state index is 13.6. The molecule has 2 aromatic rings. The number of hydrogen-bond donors (Lipinski definition) is 2. The fraction of sp³-hybridized carbons (Fsp3) is 0.250. The van der Waals surface area contributed by atoms with Crippen LogP contribution >= 0.6 is 11.3 Å². The fourth-order valence-corrected chi connectivity index (χ4v) is 3.68. The second-order valence-corrected chi connectivity index (χ2v) is 6.32. The van der Waals surface area contributed by atoms with Crippen molar-refractivity contribution in [3.63, 3.8) is 0 Å². The van der Waals surface area contributed by atoms with Crippen LogP contribution < -0.4 is 10.6 Å². The molecule has 0 radical (unpaired) electrons. The predicted octanol–water partition coefficient (Wildman–Crippen LogP) is 3.29. The number of rotatable bonds is 4. The number of carbonyl (C=O) groups excluding carboxylic acids is 2. The molecule has 0 aliphatic carbocycles. The van der Waals surface area contributed by atoms with Crippen molar-refractivity contribution in [3.05, 3.63) is 52.0 Å². The number of thiophene rings is 1. The second kappa shape index (κ2) is 6.64. The maximum atomic E-state index is 13.6. The third kappa shape index (κ3) is 3.14. The van der Waals surface area contributed by atoms with Crippen molar-refractivity contribution < 1.29 is 22.8 Å². The summed E-state index contributed by atoms with van der Waals surface area (Å²) in [7, 11) is 0. The summed E-state index contributed by atoms with van der Waals surface area (Å²) in [5, 5.41) is 6.27. The van der Waals surface area contributed by atoms with Crippen LogP contribution in [0.5, 0.6) is 0 Å². The molecule has 3 rings (SSSR count). The topological polar surface area (TPSA) is 58.2 Å². The van der Waals surface area contributed by atoms with Crippen molar-refractivity contribution in [1.29, 1.82) is 0 Å². The van der Waals surface area contributed by atoms with Gasteiger partial charge in [-0.1, -0.05) is 12.1 Å². The van der Waals surface area contributed by atoms with Gasteiger partial charge < -0.3 is 10.6 Å². The molecule has 1 aromatic carbocycles. The van der Waals surface area contributed by atoms with E-state index in [4.69, 9.17) is 0 Å². The van der Waals surface area contributed by atoms with Crippen LogP contribution in [0.3, 0.4) is 0 Å². The SMILES string of the molecule is O=C1NC[C@H](c2cc(C(F)F)cs2)[C@H]1C(=O)Nc1ccccc1F. The normalized spacial score (nSPS) is 20.2. The highest BCUT2D eigenvalue weighted by Crippen LogP contribution is 2.36. The Morgan fingerprint density at radius 3 is 2.75 bits per heavy atom. The summed E-state index contributed by atoms with van der Waals surface area (Å²) >= 11 is 1.08. The molecule has 2 amide bonds. The Morgan fingerprint density at radius 2 is 2.08 bits per heavy atom. The van der Waals surface area contributed by atoms with E-state index < -0.39 is 35.9 Å². The second-order valence-electron chi connectivity index (χ2n) is 5.38. The van der Waals surface area contributed by atoms with Gasteiger partial charge >= 0.3 is 0 Å². The molecule has 1 fully saturated rings. The van der Waals surface area contributed by atoms with Gasteiger partial charge in [0.2, 0.25) is 11.8 Å². The minimum absolute atomic E-state index is 0.0274. The molecule has 1 aliphatic heterocycles. The van der Waals surface area contributed by atoms with Crippen LogP contribution in [0.15, 0.2) is 35.7 Å². The van der Waals surface area contributed by atoms with Gasteiger partial charge in [0.05, 0.1) is 5.69 Å². The van der Waals surface area contributed by atoms with Gasteiger partial charge in [0.25, 0.3) is 6.43 Å². The van der Waals surface area contributed by atoms with E-state index in [0.717, 1.165) is 11.3 Å². The van der Waals surface area contributed by atoms with Crippen molar-refractivity contribution >= 4 is 28.8 Å². The predicted molar refractivity (Wildman–Crippen MR) is 83.5 cm³/mol. The molecule has 1 saturated heterocycles. The lowest BCUT2D eigenvalue weighted by Gasteiger charge is -2.15. The molecule has 2 heterocycles. The number of amides is 2. The number of hydrogen-bond acceptors (Lipinski definition) is 3. The number of carbonyl (C=O) groups is 2. The van der Waals surface area contributed by atoms with Gasteiger partial charge in [-0.3, -0.25) is 9.59 Å². The summed E-state index contributed by atoms with van der Waals surface area (Å²) in [6.45, 7) is 0.178. The summed E-state index contributed by atoms with van der Waals surface area (Å²) in [4.78, 5) is 25.0. The zero-order valence-corrected chi connectivity index (χ0v) is 13.1. The Balaban J connectivity index is 1.82. The summed E-state index contributed by atoms with van der Waals surface area (Å²) in [5.41, 5.74) is -0.164. The highest BCUT2D eigenvalue weighted by molar-refractivity contribution is 7.10. The Labute approximate surface area is 139 Å². The summed E-state index contributed by atoms with van der Waals surface area (Å²) in [6.07, 6.45) is -2.61. The summed E-state index contributed by atoms with van der Waals surface area (Å²) in [6, 6.07) is 6.92. The Hall–Kier alpha value is -2.35. The smallest absolute Gasteiger partial charge is 0.264 e. The van der Waals surface area contributed by atoms with E-state index >= 15 is 0 Å². The highest BCUT2D eigenvalue weighted by atomic mass is 32.1. The van der Waals surface area contributed by atoms with E-state index in [1.807, 2.05) is 0 Å². The Bertz CT molecular complexity index is 778. The molecular formula is C16H13F3N2O2S. The average molecular weight is 354 g/mol. The minimum atomic E-state index is -2.61. The number of nitrogens with one attached hydrogen (secondary N) is 2. The molecule has 0 saturated carbocycles. The van der Waals surface area contributed by atoms with E-state index in [2.05, 4.69) is 10.6 Å². The van der Waals surface area contributed by atoms with Crippen molar-refractivity contribution in [2.24, 2.45) is 5.92 Å². The number of anilines is 1. The first kappa shape index (κ1) is 16.5.